The lowest BCUT2D eigenvalue weighted by atomic mass is 10.2. The van der Waals surface area contributed by atoms with Gasteiger partial charge < -0.3 is 25.7 Å². The predicted octanol–water partition coefficient (Wildman–Crippen LogP) is 4.19. The van der Waals surface area contributed by atoms with Crippen LogP contribution in [0.3, 0.4) is 0 Å². The molecule has 0 unspecified atom stereocenters. The standard InChI is InChI=1S/C17H19Cl2N3O2S/c18-7-9-22(10-8-19)14-4-1-12(2-5-14)20-17(25)21-13-3-6-15(23)16(24)11-13/h1-6,11,23-24H,7-10H2,(H2,20,21,25). The Labute approximate surface area is 162 Å². The highest BCUT2D eigenvalue weighted by Crippen LogP contribution is 2.27. The molecule has 0 radical (unpaired) electrons. The number of benzene rings is 2. The lowest BCUT2D eigenvalue weighted by Gasteiger charge is -2.23. The molecule has 134 valence electrons. The summed E-state index contributed by atoms with van der Waals surface area (Å²) in [5, 5.41) is 25.2. The van der Waals surface area contributed by atoms with E-state index >= 15 is 0 Å². The van der Waals surface area contributed by atoms with Gasteiger partial charge in [-0.3, -0.25) is 0 Å². The minimum Gasteiger partial charge on any atom is -0.504 e. The first-order chi connectivity index (χ1) is 12.0. The van der Waals surface area contributed by atoms with Gasteiger partial charge in [0.05, 0.1) is 0 Å². The predicted molar refractivity (Wildman–Crippen MR) is 110 cm³/mol. The Morgan fingerprint density at radius 1 is 0.880 bits per heavy atom. The molecule has 0 heterocycles. The fourth-order valence-electron chi connectivity index (χ4n) is 2.22. The molecule has 5 nitrogen and oxygen atoms in total. The number of rotatable bonds is 7. The highest BCUT2D eigenvalue weighted by molar-refractivity contribution is 7.80. The second-order valence-electron chi connectivity index (χ2n) is 5.19. The maximum atomic E-state index is 9.50. The van der Waals surface area contributed by atoms with Gasteiger partial charge in [0.1, 0.15) is 0 Å². The number of nitrogens with zero attached hydrogens (tertiary/aromatic N) is 1. The molecule has 0 amide bonds. The van der Waals surface area contributed by atoms with Gasteiger partial charge >= 0.3 is 0 Å². The summed E-state index contributed by atoms with van der Waals surface area (Å²) < 4.78 is 0. The Morgan fingerprint density at radius 2 is 1.44 bits per heavy atom. The van der Waals surface area contributed by atoms with Crippen molar-refractivity contribution in [1.29, 1.82) is 0 Å². The van der Waals surface area contributed by atoms with Gasteiger partial charge in [0.2, 0.25) is 0 Å². The molecular weight excluding hydrogens is 381 g/mol. The molecule has 0 saturated carbocycles. The van der Waals surface area contributed by atoms with Crippen molar-refractivity contribution in [1.82, 2.24) is 0 Å². The van der Waals surface area contributed by atoms with Crippen molar-refractivity contribution in [2.45, 2.75) is 0 Å². The van der Waals surface area contributed by atoms with Gasteiger partial charge in [0, 0.05) is 48.0 Å². The first-order valence-electron chi connectivity index (χ1n) is 7.60. The molecule has 0 fully saturated rings. The van der Waals surface area contributed by atoms with Crippen LogP contribution in [0.5, 0.6) is 11.5 Å². The van der Waals surface area contributed by atoms with Crippen molar-refractivity contribution in [3.63, 3.8) is 0 Å². The van der Waals surface area contributed by atoms with E-state index in [2.05, 4.69) is 15.5 Å². The number of aromatic hydroxyl groups is 2. The number of hydrogen-bond donors (Lipinski definition) is 4. The number of alkyl halides is 2. The highest BCUT2D eigenvalue weighted by Gasteiger charge is 2.06. The Hall–Kier alpha value is -1.89. The van der Waals surface area contributed by atoms with Crippen molar-refractivity contribution in [2.24, 2.45) is 0 Å². The number of hydrogen-bond acceptors (Lipinski definition) is 4. The van der Waals surface area contributed by atoms with E-state index in [1.165, 1.54) is 12.1 Å². The Kier molecular flexibility index (Phi) is 7.43. The van der Waals surface area contributed by atoms with Gasteiger partial charge in [-0.05, 0) is 48.6 Å². The maximum Gasteiger partial charge on any atom is 0.175 e. The van der Waals surface area contributed by atoms with Crippen molar-refractivity contribution in [3.8, 4) is 11.5 Å². The van der Waals surface area contributed by atoms with E-state index in [0.717, 1.165) is 24.5 Å². The van der Waals surface area contributed by atoms with E-state index in [4.69, 9.17) is 35.4 Å². The Bertz CT molecular complexity index is 708. The summed E-state index contributed by atoms with van der Waals surface area (Å²) in [7, 11) is 0. The average Bonchev–Trinajstić information content (AvgIpc) is 2.59. The third-order valence-corrected chi connectivity index (χ3v) is 3.97. The molecule has 25 heavy (non-hydrogen) atoms. The number of phenolic OH excluding ortho intramolecular Hbond substituents is 2. The van der Waals surface area contributed by atoms with Gasteiger partial charge in [0.15, 0.2) is 16.6 Å². The van der Waals surface area contributed by atoms with Crippen LogP contribution in [0, 0.1) is 0 Å². The first kappa shape index (κ1) is 19.4. The molecule has 8 heteroatoms. The largest absolute Gasteiger partial charge is 0.504 e. The quantitative estimate of drug-likeness (QED) is 0.242. The summed E-state index contributed by atoms with van der Waals surface area (Å²) in [5.74, 6) is 0.670. The molecule has 0 aliphatic carbocycles. The van der Waals surface area contributed by atoms with Crippen LogP contribution < -0.4 is 15.5 Å². The molecule has 0 atom stereocenters. The van der Waals surface area contributed by atoms with E-state index in [9.17, 15) is 10.2 Å². The monoisotopic (exact) mass is 399 g/mol. The smallest absolute Gasteiger partial charge is 0.175 e. The van der Waals surface area contributed by atoms with E-state index in [1.54, 1.807) is 6.07 Å². The zero-order chi connectivity index (χ0) is 18.2. The van der Waals surface area contributed by atoms with Gasteiger partial charge in [-0.2, -0.15) is 0 Å². The molecule has 0 aliphatic heterocycles. The number of phenols is 2. The fraction of sp³-hybridized carbons (Fsp3) is 0.235. The summed E-state index contributed by atoms with van der Waals surface area (Å²) in [5.41, 5.74) is 2.43. The molecule has 2 aromatic rings. The topological polar surface area (TPSA) is 67.8 Å². The minimum absolute atomic E-state index is 0.182. The van der Waals surface area contributed by atoms with Crippen molar-refractivity contribution < 1.29 is 10.2 Å². The fourth-order valence-corrected chi connectivity index (χ4v) is 2.87. The van der Waals surface area contributed by atoms with Crippen LogP contribution in [0.25, 0.3) is 0 Å². The zero-order valence-corrected chi connectivity index (χ0v) is 15.7. The van der Waals surface area contributed by atoms with Crippen molar-refractivity contribution >= 4 is 57.6 Å². The molecule has 0 saturated heterocycles. The normalized spacial score (nSPS) is 10.3. The first-order valence-corrected chi connectivity index (χ1v) is 9.08. The average molecular weight is 400 g/mol. The van der Waals surface area contributed by atoms with Crippen molar-refractivity contribution in [2.75, 3.05) is 40.4 Å². The van der Waals surface area contributed by atoms with Crippen LogP contribution >= 0.6 is 35.4 Å². The van der Waals surface area contributed by atoms with Gasteiger partial charge in [-0.1, -0.05) is 0 Å². The van der Waals surface area contributed by atoms with Gasteiger partial charge in [0.25, 0.3) is 0 Å². The summed E-state index contributed by atoms with van der Waals surface area (Å²) >= 11 is 16.9. The van der Waals surface area contributed by atoms with E-state index in [-0.39, 0.29) is 11.5 Å². The third kappa shape index (κ3) is 5.85. The second-order valence-corrected chi connectivity index (χ2v) is 6.36. The van der Waals surface area contributed by atoms with Crippen LogP contribution in [0.15, 0.2) is 42.5 Å². The molecule has 0 bridgehead atoms. The maximum absolute atomic E-state index is 9.50. The van der Waals surface area contributed by atoms with Crippen LogP contribution in [0.4, 0.5) is 17.1 Å². The van der Waals surface area contributed by atoms with Crippen LogP contribution in [0.2, 0.25) is 0 Å². The number of nitrogens with one attached hydrogen (secondary N) is 2. The molecule has 4 N–H and O–H groups in total. The number of halogens is 2. The molecule has 2 rings (SSSR count). The number of anilines is 3. The van der Waals surface area contributed by atoms with Gasteiger partial charge in [-0.25, -0.2) is 0 Å². The third-order valence-electron chi connectivity index (χ3n) is 3.43. The van der Waals surface area contributed by atoms with Crippen molar-refractivity contribution in [3.05, 3.63) is 42.5 Å². The Morgan fingerprint density at radius 3 is 2.00 bits per heavy atom. The lowest BCUT2D eigenvalue weighted by Crippen LogP contribution is -2.27. The highest BCUT2D eigenvalue weighted by atomic mass is 35.5. The SMILES string of the molecule is Oc1ccc(NC(=S)Nc2ccc(N(CCCl)CCCl)cc2)cc1O. The zero-order valence-electron chi connectivity index (χ0n) is 13.4. The summed E-state index contributed by atoms with van der Waals surface area (Å²) in [6.07, 6.45) is 0. The minimum atomic E-state index is -0.212. The lowest BCUT2D eigenvalue weighted by molar-refractivity contribution is 0.404. The van der Waals surface area contributed by atoms with Crippen LogP contribution in [-0.4, -0.2) is 40.2 Å². The molecule has 0 aliphatic rings. The number of thiocarbonyl (C=S) groups is 1. The van der Waals surface area contributed by atoms with E-state index in [0.29, 0.717) is 22.6 Å². The van der Waals surface area contributed by atoms with Gasteiger partial charge in [-0.15, -0.1) is 23.2 Å². The van der Waals surface area contributed by atoms with E-state index in [1.807, 2.05) is 24.3 Å². The second kappa shape index (κ2) is 9.56. The summed E-state index contributed by atoms with van der Waals surface area (Å²) in [6.45, 7) is 1.46. The molecule has 2 aromatic carbocycles. The summed E-state index contributed by atoms with van der Waals surface area (Å²) in [4.78, 5) is 2.11. The Balaban J connectivity index is 1.97. The van der Waals surface area contributed by atoms with E-state index < -0.39 is 0 Å². The molecule has 0 spiro atoms. The summed E-state index contributed by atoms with van der Waals surface area (Å²) in [6, 6.07) is 12.1. The molecule has 0 aromatic heterocycles. The van der Waals surface area contributed by atoms with Crippen LogP contribution in [-0.2, 0) is 0 Å². The molecular formula is C17H19Cl2N3O2S. The van der Waals surface area contributed by atoms with Crippen LogP contribution in [0.1, 0.15) is 0 Å².